The van der Waals surface area contributed by atoms with Crippen molar-refractivity contribution < 1.29 is 18.4 Å². The Labute approximate surface area is 109 Å². The molecule has 0 aromatic heterocycles. The Balaban J connectivity index is 3.23. The van der Waals surface area contributed by atoms with Crippen LogP contribution in [0.5, 0.6) is 0 Å². The Morgan fingerprint density at radius 3 is 2.50 bits per heavy atom. The van der Waals surface area contributed by atoms with E-state index in [2.05, 4.69) is 0 Å². The average Bonchev–Trinajstić information content (AvgIpc) is 2.26. The van der Waals surface area contributed by atoms with Crippen molar-refractivity contribution in [3.05, 3.63) is 39.9 Å². The molecule has 2 atom stereocenters. The van der Waals surface area contributed by atoms with Gasteiger partial charge in [0.1, 0.15) is 6.10 Å². The maximum Gasteiger partial charge on any atom is 0.269 e. The van der Waals surface area contributed by atoms with Gasteiger partial charge in [-0.2, -0.15) is 0 Å². The van der Waals surface area contributed by atoms with E-state index in [1.54, 1.807) is 0 Å². The number of halogens is 1. The molecule has 100 valence electrons. The van der Waals surface area contributed by atoms with Crippen LogP contribution < -0.4 is 0 Å². The minimum absolute atomic E-state index is 0.0760. The number of benzene rings is 1. The fraction of sp³-hybridized carbons (Fsp3) is 0.400. The van der Waals surface area contributed by atoms with Gasteiger partial charge in [0, 0.05) is 18.4 Å². The normalized spacial score (nSPS) is 16.9. The zero-order chi connectivity index (χ0) is 14.1. The summed E-state index contributed by atoms with van der Waals surface area (Å²) in [7, 11) is -3.74. The summed E-state index contributed by atoms with van der Waals surface area (Å²) < 4.78 is 21.0. The van der Waals surface area contributed by atoms with Gasteiger partial charge in [-0.1, -0.05) is 23.7 Å². The molecule has 0 bridgehead atoms. The molecule has 0 unspecified atom stereocenters. The lowest BCUT2D eigenvalue weighted by Crippen LogP contribution is -2.35. The Morgan fingerprint density at radius 1 is 1.50 bits per heavy atom. The largest absolute Gasteiger partial charge is 0.385 e. The van der Waals surface area contributed by atoms with E-state index >= 15 is 0 Å². The second-order valence-corrected chi connectivity index (χ2v) is 7.41. The van der Waals surface area contributed by atoms with E-state index in [1.165, 1.54) is 18.2 Å². The van der Waals surface area contributed by atoms with Crippen LogP contribution in [0.2, 0.25) is 0 Å². The molecular weight excluding hydrogens is 282 g/mol. The first kappa shape index (κ1) is 14.9. The number of nitro benzene ring substituents is 1. The number of hydrogen-bond acceptors (Lipinski definition) is 5. The Kier molecular flexibility index (Phi) is 3.99. The van der Waals surface area contributed by atoms with E-state index in [1.807, 2.05) is 0 Å². The number of nitro groups is 1. The van der Waals surface area contributed by atoms with Crippen LogP contribution >= 0.6 is 11.6 Å². The monoisotopic (exact) mass is 293 g/mol. The molecule has 0 aliphatic rings. The second kappa shape index (κ2) is 4.83. The third-order valence-corrected chi connectivity index (χ3v) is 5.33. The molecule has 8 heteroatoms. The molecule has 0 amide bonds. The van der Waals surface area contributed by atoms with Gasteiger partial charge < -0.3 is 5.11 Å². The zero-order valence-electron chi connectivity index (χ0n) is 9.70. The number of hydrogen-bond donors (Lipinski definition) is 1. The number of rotatable bonds is 4. The molecule has 0 radical (unpaired) electrons. The highest BCUT2D eigenvalue weighted by atomic mass is 35.5. The minimum atomic E-state index is -3.74. The molecule has 0 saturated heterocycles. The first-order chi connectivity index (χ1) is 8.07. The summed E-state index contributed by atoms with van der Waals surface area (Å²) in [6.07, 6.45) is -0.672. The highest BCUT2D eigenvalue weighted by Crippen LogP contribution is 2.36. The van der Waals surface area contributed by atoms with Crippen LogP contribution in [0.4, 0.5) is 5.69 Å². The van der Waals surface area contributed by atoms with Crippen LogP contribution in [0.3, 0.4) is 0 Å². The summed E-state index contributed by atoms with van der Waals surface area (Å²) in [5.41, 5.74) is -0.167. The number of aliphatic hydroxyl groups is 1. The van der Waals surface area contributed by atoms with Crippen molar-refractivity contribution in [1.82, 2.24) is 0 Å². The van der Waals surface area contributed by atoms with Gasteiger partial charge in [-0.3, -0.25) is 10.1 Å². The molecule has 1 aromatic rings. The van der Waals surface area contributed by atoms with Gasteiger partial charge in [0.05, 0.1) is 4.92 Å². The number of nitrogens with zero attached hydrogens (tertiary/aromatic N) is 1. The minimum Gasteiger partial charge on any atom is -0.385 e. The summed E-state index contributed by atoms with van der Waals surface area (Å²) in [4.78, 5) is 9.96. The maximum absolute atomic E-state index is 11.5. The highest BCUT2D eigenvalue weighted by molar-refractivity contribution is 7.93. The molecule has 0 aliphatic carbocycles. The van der Waals surface area contributed by atoms with Gasteiger partial charge in [0.15, 0.2) is 14.0 Å². The van der Waals surface area contributed by atoms with Gasteiger partial charge in [-0.25, -0.2) is 8.42 Å². The molecule has 0 fully saturated rings. The highest BCUT2D eigenvalue weighted by Gasteiger charge is 2.42. The first-order valence-electron chi connectivity index (χ1n) is 4.88. The summed E-state index contributed by atoms with van der Waals surface area (Å²) in [6.45, 7) is 1.15. The Bertz CT molecular complexity index is 569. The van der Waals surface area contributed by atoms with Crippen molar-refractivity contribution in [1.29, 1.82) is 0 Å². The van der Waals surface area contributed by atoms with E-state index in [9.17, 15) is 23.6 Å². The van der Waals surface area contributed by atoms with Crippen molar-refractivity contribution in [3.63, 3.8) is 0 Å². The molecule has 1 rings (SSSR count). The molecule has 0 heterocycles. The topological polar surface area (TPSA) is 97.5 Å². The summed E-state index contributed by atoms with van der Waals surface area (Å²) in [5.74, 6) is 0. The third kappa shape index (κ3) is 2.80. The van der Waals surface area contributed by atoms with E-state index in [0.717, 1.165) is 19.2 Å². The van der Waals surface area contributed by atoms with Crippen molar-refractivity contribution in [2.75, 3.05) is 6.26 Å². The predicted octanol–water partition coefficient (Wildman–Crippen LogP) is 1.63. The number of sulfone groups is 1. The average molecular weight is 294 g/mol. The van der Waals surface area contributed by atoms with E-state index in [-0.39, 0.29) is 11.3 Å². The van der Waals surface area contributed by atoms with Crippen LogP contribution in [-0.2, 0) is 9.84 Å². The molecule has 18 heavy (non-hydrogen) atoms. The molecular formula is C10H12ClNO5S. The van der Waals surface area contributed by atoms with Crippen molar-refractivity contribution in [2.24, 2.45) is 0 Å². The molecule has 0 aliphatic heterocycles. The standard InChI is InChI=1S/C10H12ClNO5S/c1-10(11,18(2,16)17)9(13)7-4-3-5-8(6-7)12(14)15/h3-6,9,13H,1-2H3/t9-,10-/m1/s1. The van der Waals surface area contributed by atoms with E-state index in [0.29, 0.717) is 0 Å². The van der Waals surface area contributed by atoms with Crippen LogP contribution in [0.1, 0.15) is 18.6 Å². The number of non-ortho nitro benzene ring substituents is 1. The lowest BCUT2D eigenvalue weighted by molar-refractivity contribution is -0.385. The Morgan fingerprint density at radius 2 is 2.06 bits per heavy atom. The number of alkyl halides is 1. The van der Waals surface area contributed by atoms with Crippen LogP contribution in [0.15, 0.2) is 24.3 Å². The molecule has 0 spiro atoms. The Hall–Kier alpha value is -1.18. The zero-order valence-corrected chi connectivity index (χ0v) is 11.3. The van der Waals surface area contributed by atoms with Crippen molar-refractivity contribution >= 4 is 27.1 Å². The van der Waals surface area contributed by atoms with Crippen LogP contribution in [-0.4, -0.2) is 28.9 Å². The molecule has 1 aromatic carbocycles. The fourth-order valence-electron chi connectivity index (χ4n) is 1.31. The summed E-state index contributed by atoms with van der Waals surface area (Å²) >= 11 is 5.82. The molecule has 0 saturated carbocycles. The molecule has 6 nitrogen and oxygen atoms in total. The lowest BCUT2D eigenvalue weighted by Gasteiger charge is -2.26. The second-order valence-electron chi connectivity index (χ2n) is 4.01. The van der Waals surface area contributed by atoms with Crippen LogP contribution in [0, 0.1) is 10.1 Å². The summed E-state index contributed by atoms with van der Waals surface area (Å²) in [5, 5.41) is 20.6. The van der Waals surface area contributed by atoms with Crippen molar-refractivity contribution in [3.8, 4) is 0 Å². The van der Waals surface area contributed by atoms with Crippen LogP contribution in [0.25, 0.3) is 0 Å². The van der Waals surface area contributed by atoms with Gasteiger partial charge in [0.2, 0.25) is 0 Å². The number of aliphatic hydroxyl groups excluding tert-OH is 1. The van der Waals surface area contributed by atoms with Crippen molar-refractivity contribution in [2.45, 2.75) is 17.2 Å². The summed E-state index contributed by atoms with van der Waals surface area (Å²) in [6, 6.07) is 5.06. The lowest BCUT2D eigenvalue weighted by atomic mass is 10.1. The maximum atomic E-state index is 11.5. The predicted molar refractivity (Wildman–Crippen MR) is 67.2 cm³/mol. The first-order valence-corrected chi connectivity index (χ1v) is 7.15. The van der Waals surface area contributed by atoms with Gasteiger partial charge >= 0.3 is 0 Å². The smallest absolute Gasteiger partial charge is 0.269 e. The third-order valence-electron chi connectivity index (χ3n) is 2.61. The van der Waals surface area contributed by atoms with E-state index < -0.39 is 25.1 Å². The van der Waals surface area contributed by atoms with Gasteiger partial charge in [0.25, 0.3) is 5.69 Å². The van der Waals surface area contributed by atoms with Gasteiger partial charge in [-0.15, -0.1) is 0 Å². The fourth-order valence-corrected chi connectivity index (χ4v) is 1.98. The van der Waals surface area contributed by atoms with E-state index in [4.69, 9.17) is 11.6 Å². The molecule has 1 N–H and O–H groups in total. The quantitative estimate of drug-likeness (QED) is 0.517. The SMILES string of the molecule is C[C@](Cl)([C@H](O)c1cccc([N+](=O)[O-])c1)S(C)(=O)=O. The van der Waals surface area contributed by atoms with Gasteiger partial charge in [-0.05, 0) is 12.5 Å².